The van der Waals surface area contributed by atoms with Crippen LogP contribution in [0.25, 0.3) is 11.3 Å². The van der Waals surface area contributed by atoms with Crippen LogP contribution in [0.15, 0.2) is 54.6 Å². The first-order valence-electron chi connectivity index (χ1n) is 11.2. The molecule has 0 radical (unpaired) electrons. The number of benzene rings is 2. The zero-order valence-corrected chi connectivity index (χ0v) is 19.0. The van der Waals surface area contributed by atoms with Gasteiger partial charge >= 0.3 is 0 Å². The smallest absolute Gasteiger partial charge is 0.265 e. The van der Waals surface area contributed by atoms with Crippen molar-refractivity contribution in [1.82, 2.24) is 10.2 Å². The normalized spacial score (nSPS) is 14.7. The minimum Gasteiger partial charge on any atom is -0.481 e. The van der Waals surface area contributed by atoms with E-state index < -0.39 is 6.10 Å². The average molecular weight is 431 g/mol. The van der Waals surface area contributed by atoms with E-state index in [-0.39, 0.29) is 5.91 Å². The fraction of sp³-hybridized carbons (Fsp3) is 0.346. The molecule has 3 aromatic rings. The molecule has 1 atom stereocenters. The molecule has 1 aliphatic heterocycles. The average Bonchev–Trinajstić information content (AvgIpc) is 2.83. The van der Waals surface area contributed by atoms with Crippen molar-refractivity contribution in [1.29, 1.82) is 0 Å². The molecule has 2 heterocycles. The summed E-state index contributed by atoms with van der Waals surface area (Å²) in [5.41, 5.74) is 4.67. The first-order valence-corrected chi connectivity index (χ1v) is 11.2. The SMILES string of the molecule is Cc1cccc(OC(C)C(=O)Nc2ccc(-c3ccc(N4CCCCC4)nn3)cc2)c1C. The maximum absolute atomic E-state index is 12.6. The highest BCUT2D eigenvalue weighted by Gasteiger charge is 2.17. The van der Waals surface area contributed by atoms with Crippen LogP contribution < -0.4 is 15.0 Å². The van der Waals surface area contributed by atoms with Gasteiger partial charge in [-0.1, -0.05) is 24.3 Å². The minimum atomic E-state index is -0.608. The number of nitrogens with zero attached hydrogens (tertiary/aromatic N) is 3. The summed E-state index contributed by atoms with van der Waals surface area (Å²) in [6.45, 7) is 7.88. The van der Waals surface area contributed by atoms with Gasteiger partial charge in [0.05, 0.1) is 5.69 Å². The molecule has 1 fully saturated rings. The number of ether oxygens (including phenoxy) is 1. The first-order chi connectivity index (χ1) is 15.5. The van der Waals surface area contributed by atoms with Crippen LogP contribution >= 0.6 is 0 Å². The van der Waals surface area contributed by atoms with Crippen LogP contribution in [0, 0.1) is 13.8 Å². The number of amides is 1. The number of piperidine rings is 1. The van der Waals surface area contributed by atoms with E-state index >= 15 is 0 Å². The molecule has 2 aromatic carbocycles. The monoisotopic (exact) mass is 430 g/mol. The third-order valence-corrected chi connectivity index (χ3v) is 6.01. The Hall–Kier alpha value is -3.41. The molecule has 0 spiro atoms. The van der Waals surface area contributed by atoms with Crippen molar-refractivity contribution in [3.05, 3.63) is 65.7 Å². The largest absolute Gasteiger partial charge is 0.481 e. The van der Waals surface area contributed by atoms with Gasteiger partial charge < -0.3 is 15.0 Å². The van der Waals surface area contributed by atoms with Crippen molar-refractivity contribution in [2.75, 3.05) is 23.3 Å². The Bertz CT molecular complexity index is 1060. The Labute approximate surface area is 189 Å². The van der Waals surface area contributed by atoms with Crippen molar-refractivity contribution in [2.24, 2.45) is 0 Å². The van der Waals surface area contributed by atoms with E-state index in [0.29, 0.717) is 5.69 Å². The summed E-state index contributed by atoms with van der Waals surface area (Å²) in [6, 6.07) is 17.5. The van der Waals surface area contributed by atoms with E-state index in [9.17, 15) is 4.79 Å². The Morgan fingerprint density at radius 3 is 2.41 bits per heavy atom. The zero-order chi connectivity index (χ0) is 22.5. The summed E-state index contributed by atoms with van der Waals surface area (Å²) in [4.78, 5) is 14.9. The maximum Gasteiger partial charge on any atom is 0.265 e. The third kappa shape index (κ3) is 5.07. The zero-order valence-electron chi connectivity index (χ0n) is 19.0. The third-order valence-electron chi connectivity index (χ3n) is 6.01. The summed E-state index contributed by atoms with van der Waals surface area (Å²) >= 11 is 0. The molecular formula is C26H30N4O2. The molecule has 1 unspecified atom stereocenters. The lowest BCUT2D eigenvalue weighted by molar-refractivity contribution is -0.122. The lowest BCUT2D eigenvalue weighted by Crippen LogP contribution is -2.30. The number of nitrogens with one attached hydrogen (secondary N) is 1. The molecule has 1 aromatic heterocycles. The second kappa shape index (κ2) is 9.81. The van der Waals surface area contributed by atoms with Gasteiger partial charge in [0.15, 0.2) is 11.9 Å². The van der Waals surface area contributed by atoms with Gasteiger partial charge in [-0.15, -0.1) is 10.2 Å². The van der Waals surface area contributed by atoms with Crippen LogP contribution in [-0.2, 0) is 4.79 Å². The molecule has 166 valence electrons. The second-order valence-corrected chi connectivity index (χ2v) is 8.35. The number of rotatable bonds is 6. The molecule has 4 rings (SSSR count). The van der Waals surface area contributed by atoms with Crippen molar-refractivity contribution < 1.29 is 9.53 Å². The van der Waals surface area contributed by atoms with Gasteiger partial charge in [0.2, 0.25) is 0 Å². The fourth-order valence-corrected chi connectivity index (χ4v) is 3.83. The van der Waals surface area contributed by atoms with Gasteiger partial charge in [-0.3, -0.25) is 4.79 Å². The molecule has 0 aliphatic carbocycles. The second-order valence-electron chi connectivity index (χ2n) is 8.35. The van der Waals surface area contributed by atoms with Crippen molar-refractivity contribution in [3.8, 4) is 17.0 Å². The molecule has 1 saturated heterocycles. The Balaban J connectivity index is 1.37. The predicted octanol–water partition coefficient (Wildman–Crippen LogP) is 5.16. The maximum atomic E-state index is 12.6. The summed E-state index contributed by atoms with van der Waals surface area (Å²) in [6.07, 6.45) is 3.11. The van der Waals surface area contributed by atoms with Crippen molar-refractivity contribution >= 4 is 17.4 Å². The quantitative estimate of drug-likeness (QED) is 0.585. The molecular weight excluding hydrogens is 400 g/mol. The van der Waals surface area contributed by atoms with E-state index in [0.717, 1.165) is 47.0 Å². The number of carbonyl (C=O) groups excluding carboxylic acids is 1. The fourth-order valence-electron chi connectivity index (χ4n) is 3.83. The number of anilines is 2. The number of carbonyl (C=O) groups is 1. The van der Waals surface area contributed by atoms with Crippen LogP contribution in [0.4, 0.5) is 11.5 Å². The van der Waals surface area contributed by atoms with Gasteiger partial charge in [-0.05, 0) is 81.5 Å². The Morgan fingerprint density at radius 2 is 1.72 bits per heavy atom. The molecule has 1 amide bonds. The first kappa shape index (κ1) is 21.8. The highest BCUT2D eigenvalue weighted by Crippen LogP contribution is 2.24. The molecule has 32 heavy (non-hydrogen) atoms. The lowest BCUT2D eigenvalue weighted by atomic mass is 10.1. The molecule has 0 saturated carbocycles. The molecule has 6 nitrogen and oxygen atoms in total. The van der Waals surface area contributed by atoms with E-state index in [4.69, 9.17) is 4.74 Å². The molecule has 1 aliphatic rings. The van der Waals surface area contributed by atoms with Crippen LogP contribution in [0.1, 0.15) is 37.3 Å². The minimum absolute atomic E-state index is 0.190. The summed E-state index contributed by atoms with van der Waals surface area (Å²) in [5, 5.41) is 11.7. The summed E-state index contributed by atoms with van der Waals surface area (Å²) in [5.74, 6) is 1.48. The van der Waals surface area contributed by atoms with E-state index in [1.165, 1.54) is 19.3 Å². The number of hydrogen-bond donors (Lipinski definition) is 1. The van der Waals surface area contributed by atoms with Crippen molar-refractivity contribution in [3.63, 3.8) is 0 Å². The summed E-state index contributed by atoms with van der Waals surface area (Å²) in [7, 11) is 0. The van der Waals surface area contributed by atoms with Gasteiger partial charge in [-0.2, -0.15) is 0 Å². The Kier molecular flexibility index (Phi) is 6.69. The van der Waals surface area contributed by atoms with Gasteiger partial charge in [-0.25, -0.2) is 0 Å². The molecule has 0 bridgehead atoms. The van der Waals surface area contributed by atoms with Gasteiger partial charge in [0.25, 0.3) is 5.91 Å². The molecule has 1 N–H and O–H groups in total. The van der Waals surface area contributed by atoms with Gasteiger partial charge in [0.1, 0.15) is 5.75 Å². The molecule has 6 heteroatoms. The van der Waals surface area contributed by atoms with Crippen molar-refractivity contribution in [2.45, 2.75) is 46.1 Å². The van der Waals surface area contributed by atoms with Crippen LogP contribution in [0.3, 0.4) is 0 Å². The topological polar surface area (TPSA) is 67.3 Å². The van der Waals surface area contributed by atoms with E-state index in [1.54, 1.807) is 6.92 Å². The van der Waals surface area contributed by atoms with Crippen LogP contribution in [-0.4, -0.2) is 35.3 Å². The lowest BCUT2D eigenvalue weighted by Gasteiger charge is -2.27. The number of hydrogen-bond acceptors (Lipinski definition) is 5. The standard InChI is InChI=1S/C26H30N4O2/c1-18-8-7-9-24(19(18)2)32-20(3)26(31)27-22-12-10-21(11-13-22)23-14-15-25(29-28-23)30-16-5-4-6-17-30/h7-15,20H,4-6,16-17H2,1-3H3,(H,27,31). The van der Waals surface area contributed by atoms with E-state index in [1.807, 2.05) is 68.4 Å². The number of aromatic nitrogens is 2. The van der Waals surface area contributed by atoms with Gasteiger partial charge in [0, 0.05) is 24.3 Å². The number of aryl methyl sites for hydroxylation is 1. The highest BCUT2D eigenvalue weighted by molar-refractivity contribution is 5.94. The highest BCUT2D eigenvalue weighted by atomic mass is 16.5. The van der Waals surface area contributed by atoms with E-state index in [2.05, 4.69) is 20.4 Å². The Morgan fingerprint density at radius 1 is 0.969 bits per heavy atom. The van der Waals surface area contributed by atoms with Crippen LogP contribution in [0.5, 0.6) is 5.75 Å². The van der Waals surface area contributed by atoms with Crippen LogP contribution in [0.2, 0.25) is 0 Å². The summed E-state index contributed by atoms with van der Waals surface area (Å²) < 4.78 is 5.88. The predicted molar refractivity (Wildman–Crippen MR) is 128 cm³/mol.